The number of hydrogen-bond acceptors (Lipinski definition) is 15. The first kappa shape index (κ1) is 99.1. The van der Waals surface area contributed by atoms with Gasteiger partial charge >= 0.3 is 39.5 Å². The zero-order valence-electron chi connectivity index (χ0n) is 66.4. The van der Waals surface area contributed by atoms with Crippen LogP contribution in [0.5, 0.6) is 0 Å². The second-order valence-corrected chi connectivity index (χ2v) is 33.6. The molecule has 0 saturated heterocycles. The average Bonchev–Trinajstić information content (AvgIpc) is 0.966. The van der Waals surface area contributed by atoms with Gasteiger partial charge in [0, 0.05) is 25.7 Å². The van der Waals surface area contributed by atoms with E-state index in [9.17, 15) is 43.2 Å². The molecule has 0 heterocycles. The molecule has 0 spiro atoms. The third kappa shape index (κ3) is 74.7. The van der Waals surface area contributed by atoms with Crippen molar-refractivity contribution in [2.45, 2.75) is 446 Å². The van der Waals surface area contributed by atoms with E-state index in [2.05, 4.69) is 48.5 Å². The molecule has 0 aliphatic carbocycles. The Morgan fingerprint density at radius 3 is 0.752 bits per heavy atom. The number of aliphatic hydroxyl groups is 1. The first-order valence-electron chi connectivity index (χ1n) is 42.4. The van der Waals surface area contributed by atoms with Crippen molar-refractivity contribution >= 4 is 39.5 Å². The predicted molar refractivity (Wildman–Crippen MR) is 414 cm³/mol. The van der Waals surface area contributed by atoms with E-state index in [1.165, 1.54) is 231 Å². The molecular weight excluding hydrogens is 1320 g/mol. The van der Waals surface area contributed by atoms with E-state index in [1.54, 1.807) is 0 Å². The first-order chi connectivity index (χ1) is 48.8. The van der Waals surface area contributed by atoms with Crippen molar-refractivity contribution in [3.63, 3.8) is 0 Å². The standard InChI is InChI=1S/C82H160O17P2/c1-8-10-11-12-13-14-15-16-17-18-19-20-21-22-27-30-33-36-42-51-58-65-81(86)98-77(69-92-79(84)63-56-49-41-35-32-29-26-24-23-25-28-31-34-39-46-53-60-73(3)4)71-96-100(88,89)94-67-76(83)68-95-101(90,91)97-72-78(70-93-80(85)64-57-50-45-44-47-54-61-74(5)6)99-82(87)66-59-52-43-38-37-40-48-55-62-75(7)9-2/h73-78,83H,8-72H2,1-7H3,(H,88,89)(H,90,91)/t75?,76-,77-,78-/m1/s1. The molecule has 0 aliphatic heterocycles. The lowest BCUT2D eigenvalue weighted by atomic mass is 9.99. The summed E-state index contributed by atoms with van der Waals surface area (Å²) in [5.74, 6) is 0.146. The molecule has 17 nitrogen and oxygen atoms in total. The van der Waals surface area contributed by atoms with E-state index in [0.29, 0.717) is 31.6 Å². The first-order valence-corrected chi connectivity index (χ1v) is 45.4. The number of phosphoric ester groups is 2. The summed E-state index contributed by atoms with van der Waals surface area (Å²) in [5.41, 5.74) is 0. The largest absolute Gasteiger partial charge is 0.472 e. The van der Waals surface area contributed by atoms with Gasteiger partial charge in [0.2, 0.25) is 0 Å². The quantitative estimate of drug-likeness (QED) is 0.0222. The van der Waals surface area contributed by atoms with Gasteiger partial charge in [-0.05, 0) is 43.4 Å². The molecule has 3 N–H and O–H groups in total. The molecule has 3 unspecified atom stereocenters. The summed E-state index contributed by atoms with van der Waals surface area (Å²) < 4.78 is 68.7. The Balaban J connectivity index is 5.20. The third-order valence-electron chi connectivity index (χ3n) is 19.5. The van der Waals surface area contributed by atoms with Crippen molar-refractivity contribution in [1.82, 2.24) is 0 Å². The van der Waals surface area contributed by atoms with Gasteiger partial charge in [0.05, 0.1) is 26.4 Å². The number of aliphatic hydroxyl groups excluding tert-OH is 1. The minimum absolute atomic E-state index is 0.104. The number of phosphoric acid groups is 2. The Morgan fingerprint density at radius 2 is 0.505 bits per heavy atom. The Kier molecular flexibility index (Phi) is 70.9. The molecule has 0 bridgehead atoms. The fourth-order valence-electron chi connectivity index (χ4n) is 12.6. The monoisotopic (exact) mass is 1480 g/mol. The van der Waals surface area contributed by atoms with Gasteiger partial charge in [-0.1, -0.05) is 376 Å². The van der Waals surface area contributed by atoms with Crippen LogP contribution in [0.1, 0.15) is 427 Å². The summed E-state index contributed by atoms with van der Waals surface area (Å²) >= 11 is 0. The third-order valence-corrected chi connectivity index (χ3v) is 21.4. The maximum atomic E-state index is 13.1. The summed E-state index contributed by atoms with van der Waals surface area (Å²) in [5, 5.41) is 10.6. The fraction of sp³-hybridized carbons (Fsp3) is 0.951. The highest BCUT2D eigenvalue weighted by Crippen LogP contribution is 2.45. The number of esters is 4. The lowest BCUT2D eigenvalue weighted by Gasteiger charge is -2.21. The minimum Gasteiger partial charge on any atom is -0.462 e. The van der Waals surface area contributed by atoms with Crippen molar-refractivity contribution in [1.29, 1.82) is 0 Å². The highest BCUT2D eigenvalue weighted by atomic mass is 31.2. The fourth-order valence-corrected chi connectivity index (χ4v) is 14.2. The summed E-state index contributed by atoms with van der Waals surface area (Å²) in [6.07, 6.45) is 61.4. The van der Waals surface area contributed by atoms with E-state index < -0.39 is 97.5 Å². The van der Waals surface area contributed by atoms with Crippen LogP contribution in [0.3, 0.4) is 0 Å². The number of carbonyl (C=O) groups is 4. The molecule has 0 aromatic rings. The minimum atomic E-state index is -4.96. The molecule has 0 radical (unpaired) electrons. The number of unbranched alkanes of at least 4 members (excludes halogenated alkanes) is 47. The van der Waals surface area contributed by atoms with Gasteiger partial charge in [-0.2, -0.15) is 0 Å². The maximum Gasteiger partial charge on any atom is 0.472 e. The molecule has 0 fully saturated rings. The van der Waals surface area contributed by atoms with Crippen LogP contribution < -0.4 is 0 Å². The molecular formula is C82H160O17P2. The van der Waals surface area contributed by atoms with Crippen LogP contribution >= 0.6 is 15.6 Å². The number of carbonyl (C=O) groups excluding carboxylic acids is 4. The smallest absolute Gasteiger partial charge is 0.462 e. The maximum absolute atomic E-state index is 13.1. The highest BCUT2D eigenvalue weighted by molar-refractivity contribution is 7.47. The second kappa shape index (κ2) is 72.3. The van der Waals surface area contributed by atoms with Crippen LogP contribution in [0.2, 0.25) is 0 Å². The van der Waals surface area contributed by atoms with Gasteiger partial charge in [-0.15, -0.1) is 0 Å². The van der Waals surface area contributed by atoms with E-state index >= 15 is 0 Å². The van der Waals surface area contributed by atoms with Gasteiger partial charge in [0.1, 0.15) is 19.3 Å². The summed E-state index contributed by atoms with van der Waals surface area (Å²) in [6.45, 7) is 11.9. The number of hydrogen-bond donors (Lipinski definition) is 3. The molecule has 0 saturated carbocycles. The summed E-state index contributed by atoms with van der Waals surface area (Å²) in [4.78, 5) is 73.0. The number of ether oxygens (including phenoxy) is 4. The molecule has 0 aliphatic rings. The Morgan fingerprint density at radius 1 is 0.287 bits per heavy atom. The van der Waals surface area contributed by atoms with Crippen molar-refractivity contribution < 1.29 is 80.2 Å². The molecule has 0 amide bonds. The zero-order valence-corrected chi connectivity index (χ0v) is 68.2. The van der Waals surface area contributed by atoms with Crippen molar-refractivity contribution in [3.8, 4) is 0 Å². The second-order valence-electron chi connectivity index (χ2n) is 30.7. The SMILES string of the molecule is CCCCCCCCCCCCCCCCCCCCCCCC(=O)O[C@H](COC(=O)CCCCCCCCCCCCCCCCCCC(C)C)COP(=O)(O)OC[C@@H](O)COP(=O)(O)OC[C@@H](COC(=O)CCCCCCCCC(C)C)OC(=O)CCCCCCCCCCC(C)CC. The topological polar surface area (TPSA) is 237 Å². The number of rotatable bonds is 80. The Hall–Kier alpha value is -1.94. The van der Waals surface area contributed by atoms with Crippen LogP contribution in [-0.2, 0) is 65.4 Å². The zero-order chi connectivity index (χ0) is 74.4. The van der Waals surface area contributed by atoms with E-state index in [1.807, 2.05) is 0 Å². The molecule has 6 atom stereocenters. The normalized spacial score (nSPS) is 14.2. The average molecular weight is 1480 g/mol. The highest BCUT2D eigenvalue weighted by Gasteiger charge is 2.30. The molecule has 0 aromatic carbocycles. The van der Waals surface area contributed by atoms with Crippen LogP contribution in [0.25, 0.3) is 0 Å². The summed E-state index contributed by atoms with van der Waals surface area (Å²) in [7, 11) is -9.92. The van der Waals surface area contributed by atoms with Gasteiger partial charge in [-0.25, -0.2) is 9.13 Å². The molecule has 0 rings (SSSR count). The predicted octanol–water partition coefficient (Wildman–Crippen LogP) is 24.5. The van der Waals surface area contributed by atoms with Gasteiger partial charge in [0.25, 0.3) is 0 Å². The van der Waals surface area contributed by atoms with Gasteiger partial charge < -0.3 is 33.8 Å². The van der Waals surface area contributed by atoms with E-state index in [4.69, 9.17) is 37.0 Å². The van der Waals surface area contributed by atoms with Crippen molar-refractivity contribution in [3.05, 3.63) is 0 Å². The molecule has 600 valence electrons. The Bertz CT molecular complexity index is 1960. The Labute approximate surface area is 619 Å². The lowest BCUT2D eigenvalue weighted by Crippen LogP contribution is -2.30. The van der Waals surface area contributed by atoms with Crippen LogP contribution in [-0.4, -0.2) is 96.7 Å². The molecule has 19 heteroatoms. The lowest BCUT2D eigenvalue weighted by molar-refractivity contribution is -0.161. The molecule has 0 aromatic heterocycles. The summed E-state index contributed by atoms with van der Waals surface area (Å²) in [6, 6.07) is 0. The van der Waals surface area contributed by atoms with E-state index in [0.717, 1.165) is 108 Å². The van der Waals surface area contributed by atoms with E-state index in [-0.39, 0.29) is 25.7 Å². The van der Waals surface area contributed by atoms with Crippen LogP contribution in [0.15, 0.2) is 0 Å². The van der Waals surface area contributed by atoms with Gasteiger partial charge in [-0.3, -0.25) is 37.3 Å². The van der Waals surface area contributed by atoms with Crippen molar-refractivity contribution in [2.75, 3.05) is 39.6 Å². The van der Waals surface area contributed by atoms with Crippen molar-refractivity contribution in [2.24, 2.45) is 17.8 Å². The van der Waals surface area contributed by atoms with Crippen LogP contribution in [0, 0.1) is 17.8 Å². The molecule has 101 heavy (non-hydrogen) atoms. The van der Waals surface area contributed by atoms with Crippen LogP contribution in [0.4, 0.5) is 0 Å². The van der Waals surface area contributed by atoms with Gasteiger partial charge in [0.15, 0.2) is 12.2 Å².